The van der Waals surface area contributed by atoms with Crippen LogP contribution in [-0.4, -0.2) is 24.2 Å². The lowest BCUT2D eigenvalue weighted by atomic mass is 10.0. The number of rotatable bonds is 6. The van der Waals surface area contributed by atoms with E-state index in [9.17, 15) is 9.90 Å². The fourth-order valence-corrected chi connectivity index (χ4v) is 4.01. The zero-order chi connectivity index (χ0) is 20.9. The van der Waals surface area contributed by atoms with E-state index in [-0.39, 0.29) is 0 Å². The molecule has 0 spiro atoms. The molecule has 0 aliphatic carbocycles. The molecule has 1 N–H and O–H groups in total. The number of benzene rings is 3. The minimum absolute atomic E-state index is 0.477. The predicted molar refractivity (Wildman–Crippen MR) is 120 cm³/mol. The molecule has 0 saturated carbocycles. The molecule has 5 heteroatoms. The number of carbonyl (C=O) groups is 1. The number of hydrogen-bond acceptors (Lipinski definition) is 3. The number of nitrogens with zero attached hydrogens (tertiary/aromatic N) is 1. The molecular weight excluding hydrogens is 398 g/mol. The van der Waals surface area contributed by atoms with Gasteiger partial charge in [0.05, 0.1) is 0 Å². The number of carboxylic acids is 1. The molecule has 1 heterocycles. The molecule has 0 radical (unpaired) electrons. The molecule has 154 valence electrons. The van der Waals surface area contributed by atoms with E-state index in [4.69, 9.17) is 16.3 Å². The second-order valence-corrected chi connectivity index (χ2v) is 7.95. The highest BCUT2D eigenvalue weighted by atomic mass is 35.5. The van der Waals surface area contributed by atoms with Gasteiger partial charge in [-0.3, -0.25) is 0 Å². The first-order valence-electron chi connectivity index (χ1n) is 10.2. The van der Waals surface area contributed by atoms with Crippen LogP contribution < -0.4 is 9.64 Å². The Morgan fingerprint density at radius 2 is 1.53 bits per heavy atom. The van der Waals surface area contributed by atoms with Crippen LogP contribution in [0.25, 0.3) is 11.1 Å². The van der Waals surface area contributed by atoms with Crippen molar-refractivity contribution in [3.05, 3.63) is 83.4 Å². The van der Waals surface area contributed by atoms with E-state index in [1.807, 2.05) is 12.1 Å². The average molecular weight is 422 g/mol. The van der Waals surface area contributed by atoms with E-state index >= 15 is 0 Å². The standard InChI is InChI=1S/C25H24ClNO3/c26-21-6-4-5-20(17-21)24(25(28)29)30-23-13-9-19(10-14-23)18-7-11-22(12-8-18)27-15-2-1-3-16-27/h4-14,17,24H,1-3,15-16H2,(H,28,29). The maximum Gasteiger partial charge on any atom is 0.349 e. The second-order valence-electron chi connectivity index (χ2n) is 7.51. The summed E-state index contributed by atoms with van der Waals surface area (Å²) in [5.74, 6) is -0.564. The summed E-state index contributed by atoms with van der Waals surface area (Å²) in [7, 11) is 0. The van der Waals surface area contributed by atoms with Gasteiger partial charge in [0.25, 0.3) is 0 Å². The molecule has 1 saturated heterocycles. The topological polar surface area (TPSA) is 49.8 Å². The van der Waals surface area contributed by atoms with E-state index in [1.165, 1.54) is 24.9 Å². The number of carboxylic acid groups (broad SMARTS) is 1. The van der Waals surface area contributed by atoms with Crippen LogP contribution in [-0.2, 0) is 4.79 Å². The summed E-state index contributed by atoms with van der Waals surface area (Å²) in [6.07, 6.45) is 2.73. The van der Waals surface area contributed by atoms with E-state index in [0.717, 1.165) is 24.2 Å². The van der Waals surface area contributed by atoms with Crippen LogP contribution in [0.2, 0.25) is 5.02 Å². The van der Waals surface area contributed by atoms with Crippen LogP contribution in [0, 0.1) is 0 Å². The minimum Gasteiger partial charge on any atom is -0.478 e. The second kappa shape index (κ2) is 9.23. The van der Waals surface area contributed by atoms with E-state index in [1.54, 1.807) is 36.4 Å². The van der Waals surface area contributed by atoms with Crippen LogP contribution in [0.5, 0.6) is 5.75 Å². The smallest absolute Gasteiger partial charge is 0.349 e. The monoisotopic (exact) mass is 421 g/mol. The first-order valence-corrected chi connectivity index (χ1v) is 10.6. The molecule has 1 aliphatic heterocycles. The Labute approximate surface area is 181 Å². The Morgan fingerprint density at radius 1 is 0.900 bits per heavy atom. The molecule has 1 fully saturated rings. The van der Waals surface area contributed by atoms with Crippen LogP contribution >= 0.6 is 11.6 Å². The maximum absolute atomic E-state index is 11.7. The summed E-state index contributed by atoms with van der Waals surface area (Å²) in [4.78, 5) is 14.1. The largest absolute Gasteiger partial charge is 0.478 e. The SMILES string of the molecule is O=C(O)C(Oc1ccc(-c2ccc(N3CCCCC3)cc2)cc1)c1cccc(Cl)c1. The lowest BCUT2D eigenvalue weighted by molar-refractivity contribution is -0.145. The highest BCUT2D eigenvalue weighted by Crippen LogP contribution is 2.29. The molecule has 4 nitrogen and oxygen atoms in total. The van der Waals surface area contributed by atoms with Crippen molar-refractivity contribution in [3.63, 3.8) is 0 Å². The Hall–Kier alpha value is -2.98. The van der Waals surface area contributed by atoms with Gasteiger partial charge in [-0.15, -0.1) is 0 Å². The van der Waals surface area contributed by atoms with Crippen molar-refractivity contribution < 1.29 is 14.6 Å². The number of piperidine rings is 1. The van der Waals surface area contributed by atoms with E-state index in [0.29, 0.717) is 16.3 Å². The molecule has 30 heavy (non-hydrogen) atoms. The van der Waals surface area contributed by atoms with Crippen LogP contribution in [0.1, 0.15) is 30.9 Å². The fourth-order valence-electron chi connectivity index (χ4n) is 3.81. The highest BCUT2D eigenvalue weighted by molar-refractivity contribution is 6.30. The van der Waals surface area contributed by atoms with Crippen molar-refractivity contribution >= 4 is 23.3 Å². The van der Waals surface area contributed by atoms with Gasteiger partial charge >= 0.3 is 5.97 Å². The lowest BCUT2D eigenvalue weighted by Crippen LogP contribution is -2.29. The number of aliphatic carboxylic acids is 1. The van der Waals surface area contributed by atoms with Gasteiger partial charge in [0.2, 0.25) is 6.10 Å². The Morgan fingerprint density at radius 3 is 2.13 bits per heavy atom. The van der Waals surface area contributed by atoms with Gasteiger partial charge in [-0.05, 0) is 66.8 Å². The first kappa shape index (κ1) is 20.3. The number of hydrogen-bond donors (Lipinski definition) is 1. The molecule has 4 rings (SSSR count). The summed E-state index contributed by atoms with van der Waals surface area (Å²) in [6, 6.07) is 22.8. The lowest BCUT2D eigenvalue weighted by Gasteiger charge is -2.28. The van der Waals surface area contributed by atoms with Gasteiger partial charge in [-0.1, -0.05) is 48.0 Å². The molecule has 3 aromatic carbocycles. The summed E-state index contributed by atoms with van der Waals surface area (Å²) in [6.45, 7) is 2.26. The van der Waals surface area contributed by atoms with Crippen molar-refractivity contribution in [2.75, 3.05) is 18.0 Å². The van der Waals surface area contributed by atoms with Gasteiger partial charge in [0, 0.05) is 29.4 Å². The zero-order valence-corrected chi connectivity index (χ0v) is 17.4. The molecule has 1 aliphatic rings. The molecule has 0 amide bonds. The van der Waals surface area contributed by atoms with Gasteiger partial charge in [-0.2, -0.15) is 0 Å². The minimum atomic E-state index is -1.11. The molecule has 0 aromatic heterocycles. The van der Waals surface area contributed by atoms with Crippen molar-refractivity contribution in [2.24, 2.45) is 0 Å². The predicted octanol–water partition coefficient (Wildman–Crippen LogP) is 6.20. The van der Waals surface area contributed by atoms with Gasteiger partial charge < -0.3 is 14.7 Å². The van der Waals surface area contributed by atoms with Gasteiger partial charge in [0.15, 0.2) is 0 Å². The van der Waals surface area contributed by atoms with Crippen LogP contribution in [0.3, 0.4) is 0 Å². The quantitative estimate of drug-likeness (QED) is 0.514. The molecule has 1 atom stereocenters. The summed E-state index contributed by atoms with van der Waals surface area (Å²) in [5, 5.41) is 10.1. The van der Waals surface area contributed by atoms with Crippen molar-refractivity contribution in [1.82, 2.24) is 0 Å². The van der Waals surface area contributed by atoms with Gasteiger partial charge in [0.1, 0.15) is 5.75 Å². The van der Waals surface area contributed by atoms with Gasteiger partial charge in [-0.25, -0.2) is 4.79 Å². The summed E-state index contributed by atoms with van der Waals surface area (Å²) in [5.41, 5.74) is 3.95. The summed E-state index contributed by atoms with van der Waals surface area (Å²) < 4.78 is 5.74. The summed E-state index contributed by atoms with van der Waals surface area (Å²) >= 11 is 5.99. The average Bonchev–Trinajstić information content (AvgIpc) is 2.78. The number of anilines is 1. The molecule has 0 bridgehead atoms. The fraction of sp³-hybridized carbons (Fsp3) is 0.240. The number of ether oxygens (including phenoxy) is 1. The highest BCUT2D eigenvalue weighted by Gasteiger charge is 2.22. The molecular formula is C25H24ClNO3. The first-order chi connectivity index (χ1) is 14.6. The van der Waals surface area contributed by atoms with Crippen molar-refractivity contribution in [2.45, 2.75) is 25.4 Å². The molecule has 3 aromatic rings. The third kappa shape index (κ3) is 4.77. The number of halogens is 1. The van der Waals surface area contributed by atoms with E-state index < -0.39 is 12.1 Å². The van der Waals surface area contributed by atoms with Crippen LogP contribution in [0.15, 0.2) is 72.8 Å². The Balaban J connectivity index is 1.47. The third-order valence-corrected chi connectivity index (χ3v) is 5.64. The Kier molecular flexibility index (Phi) is 6.24. The van der Waals surface area contributed by atoms with Crippen molar-refractivity contribution in [3.8, 4) is 16.9 Å². The molecule has 1 unspecified atom stereocenters. The van der Waals surface area contributed by atoms with Crippen molar-refractivity contribution in [1.29, 1.82) is 0 Å². The Bertz CT molecular complexity index is 996. The van der Waals surface area contributed by atoms with Crippen LogP contribution in [0.4, 0.5) is 5.69 Å². The van der Waals surface area contributed by atoms with E-state index in [2.05, 4.69) is 29.2 Å². The maximum atomic E-state index is 11.7. The third-order valence-electron chi connectivity index (χ3n) is 5.41. The normalized spacial score (nSPS) is 14.9. The zero-order valence-electron chi connectivity index (χ0n) is 16.6.